The van der Waals surface area contributed by atoms with Crippen LogP contribution in [0.5, 0.6) is 0 Å². The van der Waals surface area contributed by atoms with Crippen LogP contribution in [0, 0.1) is 25.2 Å². The second kappa shape index (κ2) is 6.62. The van der Waals surface area contributed by atoms with Gasteiger partial charge in [0.15, 0.2) is 0 Å². The number of hydrogen-bond acceptors (Lipinski definition) is 4. The number of ether oxygens (including phenoxy) is 1. The van der Waals surface area contributed by atoms with E-state index in [0.29, 0.717) is 5.56 Å². The molecule has 124 valence electrons. The van der Waals surface area contributed by atoms with E-state index in [1.165, 1.54) is 5.56 Å². The Hall–Kier alpha value is -2.38. The first-order valence-electron chi connectivity index (χ1n) is 8.33. The smallest absolute Gasteiger partial charge is 0.147 e. The molecule has 0 amide bonds. The normalized spacial score (nSPS) is 16.7. The molecule has 1 saturated heterocycles. The summed E-state index contributed by atoms with van der Waals surface area (Å²) in [6, 6.07) is 14.7. The van der Waals surface area contributed by atoms with Crippen LogP contribution in [-0.4, -0.2) is 25.2 Å². The molecule has 0 aliphatic carbocycles. The van der Waals surface area contributed by atoms with Crippen LogP contribution < -0.4 is 4.90 Å². The second-order valence-electron chi connectivity index (χ2n) is 6.44. The third-order valence-corrected chi connectivity index (χ3v) is 5.00. The fraction of sp³-hybridized carbons (Fsp3) is 0.400. The van der Waals surface area contributed by atoms with Gasteiger partial charge in [-0.15, -0.1) is 0 Å². The van der Waals surface area contributed by atoms with Crippen molar-refractivity contribution in [1.82, 2.24) is 4.98 Å². The van der Waals surface area contributed by atoms with Gasteiger partial charge in [-0.1, -0.05) is 30.3 Å². The van der Waals surface area contributed by atoms with E-state index in [1.54, 1.807) is 7.11 Å². The predicted molar refractivity (Wildman–Crippen MR) is 95.0 cm³/mol. The molecule has 0 atom stereocenters. The highest BCUT2D eigenvalue weighted by atomic mass is 16.5. The van der Waals surface area contributed by atoms with E-state index in [4.69, 9.17) is 4.74 Å². The number of piperidine rings is 1. The van der Waals surface area contributed by atoms with E-state index in [1.807, 2.05) is 26.0 Å². The largest absolute Gasteiger partial charge is 0.373 e. The fourth-order valence-corrected chi connectivity index (χ4v) is 3.62. The van der Waals surface area contributed by atoms with Gasteiger partial charge in [-0.2, -0.15) is 5.26 Å². The standard InChI is InChI=1S/C20H23N3O/c1-15-13-16(2)22-19(18(15)14-21)23-11-9-20(24-3,10-12-23)17-7-5-4-6-8-17/h4-8,13H,9-12H2,1-3H3. The first kappa shape index (κ1) is 16.5. The van der Waals surface area contributed by atoms with Gasteiger partial charge < -0.3 is 9.64 Å². The number of hydrogen-bond donors (Lipinski definition) is 0. The van der Waals surface area contributed by atoms with Gasteiger partial charge in [0.2, 0.25) is 0 Å². The topological polar surface area (TPSA) is 49.1 Å². The van der Waals surface area contributed by atoms with E-state index >= 15 is 0 Å². The first-order chi connectivity index (χ1) is 11.6. The van der Waals surface area contributed by atoms with Crippen LogP contribution in [0.1, 0.15) is 35.2 Å². The number of aromatic nitrogens is 1. The van der Waals surface area contributed by atoms with Gasteiger partial charge in [-0.25, -0.2) is 4.98 Å². The molecule has 0 radical (unpaired) electrons. The first-order valence-corrected chi connectivity index (χ1v) is 8.33. The number of anilines is 1. The van der Waals surface area contributed by atoms with Gasteiger partial charge in [-0.3, -0.25) is 0 Å². The molecule has 1 aromatic heterocycles. The average Bonchev–Trinajstić information content (AvgIpc) is 2.62. The Kier molecular flexibility index (Phi) is 4.55. The van der Waals surface area contributed by atoms with Gasteiger partial charge in [0.25, 0.3) is 0 Å². The van der Waals surface area contributed by atoms with Crippen molar-refractivity contribution < 1.29 is 4.74 Å². The molecule has 2 heterocycles. The Labute approximate surface area is 143 Å². The zero-order chi connectivity index (χ0) is 17.2. The minimum Gasteiger partial charge on any atom is -0.373 e. The molecule has 0 bridgehead atoms. The third kappa shape index (κ3) is 2.88. The molecule has 0 unspecified atom stereocenters. The lowest BCUT2D eigenvalue weighted by Gasteiger charge is -2.42. The summed E-state index contributed by atoms with van der Waals surface area (Å²) < 4.78 is 5.94. The lowest BCUT2D eigenvalue weighted by molar-refractivity contribution is -0.0347. The number of pyridine rings is 1. The average molecular weight is 321 g/mol. The second-order valence-corrected chi connectivity index (χ2v) is 6.44. The van der Waals surface area contributed by atoms with Crippen molar-refractivity contribution >= 4 is 5.82 Å². The van der Waals surface area contributed by atoms with Gasteiger partial charge in [-0.05, 0) is 43.9 Å². The van der Waals surface area contributed by atoms with Crippen molar-refractivity contribution in [3.05, 3.63) is 58.8 Å². The number of nitriles is 1. The van der Waals surface area contributed by atoms with Crippen molar-refractivity contribution in [1.29, 1.82) is 5.26 Å². The molecule has 1 aromatic carbocycles. The number of benzene rings is 1. The summed E-state index contributed by atoms with van der Waals surface area (Å²) in [7, 11) is 1.79. The van der Waals surface area contributed by atoms with Crippen LogP contribution in [0.4, 0.5) is 5.82 Å². The molecule has 1 fully saturated rings. The van der Waals surface area contributed by atoms with Crippen LogP contribution in [0.3, 0.4) is 0 Å². The monoisotopic (exact) mass is 321 g/mol. The van der Waals surface area contributed by atoms with E-state index in [-0.39, 0.29) is 5.60 Å². The summed E-state index contributed by atoms with van der Waals surface area (Å²) in [5.41, 5.74) is 3.61. The lowest BCUT2D eigenvalue weighted by Crippen LogP contribution is -2.44. The zero-order valence-corrected chi connectivity index (χ0v) is 14.5. The predicted octanol–water partition coefficient (Wildman–Crippen LogP) is 3.71. The van der Waals surface area contributed by atoms with Crippen molar-refractivity contribution in [2.75, 3.05) is 25.1 Å². The van der Waals surface area contributed by atoms with Gasteiger partial charge in [0.05, 0.1) is 11.2 Å². The highest BCUT2D eigenvalue weighted by Gasteiger charge is 2.37. The van der Waals surface area contributed by atoms with Gasteiger partial charge in [0, 0.05) is 25.9 Å². The van der Waals surface area contributed by atoms with Crippen LogP contribution in [-0.2, 0) is 10.3 Å². The van der Waals surface area contributed by atoms with Crippen molar-refractivity contribution in [3.8, 4) is 6.07 Å². The molecule has 1 aliphatic rings. The molecule has 4 heteroatoms. The van der Waals surface area contributed by atoms with E-state index in [0.717, 1.165) is 43.0 Å². The number of methoxy groups -OCH3 is 1. The Balaban J connectivity index is 1.87. The van der Waals surface area contributed by atoms with E-state index < -0.39 is 0 Å². The van der Waals surface area contributed by atoms with Crippen molar-refractivity contribution in [2.24, 2.45) is 0 Å². The molecule has 24 heavy (non-hydrogen) atoms. The highest BCUT2D eigenvalue weighted by Crippen LogP contribution is 2.37. The Morgan fingerprint density at radius 1 is 1.17 bits per heavy atom. The quantitative estimate of drug-likeness (QED) is 0.864. The van der Waals surface area contributed by atoms with Crippen LogP contribution in [0.15, 0.2) is 36.4 Å². The molecule has 4 nitrogen and oxygen atoms in total. The summed E-state index contributed by atoms with van der Waals surface area (Å²) in [5, 5.41) is 9.51. The van der Waals surface area contributed by atoms with Crippen LogP contribution in [0.25, 0.3) is 0 Å². The highest BCUT2D eigenvalue weighted by molar-refractivity contribution is 5.58. The maximum Gasteiger partial charge on any atom is 0.147 e. The van der Waals surface area contributed by atoms with E-state index in [2.05, 4.69) is 40.2 Å². The Morgan fingerprint density at radius 3 is 2.42 bits per heavy atom. The molecular formula is C20H23N3O. The summed E-state index contributed by atoms with van der Waals surface area (Å²) >= 11 is 0. The van der Waals surface area contributed by atoms with Crippen LogP contribution in [0.2, 0.25) is 0 Å². The molecule has 3 rings (SSSR count). The summed E-state index contributed by atoms with van der Waals surface area (Å²) in [4.78, 5) is 6.86. The van der Waals surface area contributed by atoms with Crippen LogP contribution >= 0.6 is 0 Å². The van der Waals surface area contributed by atoms with Crippen molar-refractivity contribution in [3.63, 3.8) is 0 Å². The molecule has 0 saturated carbocycles. The minimum atomic E-state index is -0.247. The molecule has 0 N–H and O–H groups in total. The minimum absolute atomic E-state index is 0.247. The fourth-order valence-electron chi connectivity index (χ4n) is 3.62. The molecular weight excluding hydrogens is 298 g/mol. The molecule has 0 spiro atoms. The molecule has 1 aliphatic heterocycles. The zero-order valence-electron chi connectivity index (χ0n) is 14.5. The SMILES string of the molecule is COC1(c2ccccc2)CCN(c2nc(C)cc(C)c2C#N)CC1. The molecule has 2 aromatic rings. The maximum atomic E-state index is 9.51. The number of rotatable bonds is 3. The summed E-state index contributed by atoms with van der Waals surface area (Å²) in [6.45, 7) is 5.61. The number of aryl methyl sites for hydroxylation is 2. The third-order valence-electron chi connectivity index (χ3n) is 5.00. The Bertz CT molecular complexity index is 756. The summed E-state index contributed by atoms with van der Waals surface area (Å²) in [6.07, 6.45) is 1.76. The van der Waals surface area contributed by atoms with Gasteiger partial charge >= 0.3 is 0 Å². The van der Waals surface area contributed by atoms with Gasteiger partial charge in [0.1, 0.15) is 11.9 Å². The Morgan fingerprint density at radius 2 is 1.83 bits per heavy atom. The summed E-state index contributed by atoms with van der Waals surface area (Å²) in [5.74, 6) is 0.813. The number of nitrogens with zero attached hydrogens (tertiary/aromatic N) is 3. The lowest BCUT2D eigenvalue weighted by atomic mass is 9.84. The van der Waals surface area contributed by atoms with Crippen molar-refractivity contribution in [2.45, 2.75) is 32.3 Å². The maximum absolute atomic E-state index is 9.51. The van der Waals surface area contributed by atoms with E-state index in [9.17, 15) is 5.26 Å².